The van der Waals surface area contributed by atoms with E-state index >= 15 is 0 Å². The van der Waals surface area contributed by atoms with Crippen molar-refractivity contribution in [3.63, 3.8) is 0 Å². The molecule has 34 heavy (non-hydrogen) atoms. The van der Waals surface area contributed by atoms with Crippen molar-refractivity contribution < 1.29 is 4.79 Å². The second-order valence-corrected chi connectivity index (χ2v) is 8.77. The third kappa shape index (κ3) is 5.50. The highest BCUT2D eigenvalue weighted by Gasteiger charge is 2.20. The Hall–Kier alpha value is -3.12. The summed E-state index contributed by atoms with van der Waals surface area (Å²) in [4.78, 5) is 26.5. The number of hydrogen-bond donors (Lipinski definition) is 3. The molecule has 0 atom stereocenters. The fourth-order valence-electron chi connectivity index (χ4n) is 3.87. The summed E-state index contributed by atoms with van der Waals surface area (Å²) in [5.41, 5.74) is 1.89. The normalized spacial score (nSPS) is 14.4. The van der Waals surface area contributed by atoms with E-state index in [0.29, 0.717) is 35.9 Å². The Morgan fingerprint density at radius 1 is 1.00 bits per heavy atom. The van der Waals surface area contributed by atoms with Crippen molar-refractivity contribution in [1.82, 2.24) is 29.5 Å². The van der Waals surface area contributed by atoms with Crippen LogP contribution in [0.25, 0.3) is 5.78 Å². The Kier molecular flexibility index (Phi) is 8.01. The van der Waals surface area contributed by atoms with Gasteiger partial charge in [-0.25, -0.2) is 4.40 Å². The van der Waals surface area contributed by atoms with E-state index in [1.165, 1.54) is 11.8 Å². The van der Waals surface area contributed by atoms with Crippen molar-refractivity contribution in [3.8, 4) is 0 Å². The molecule has 1 aliphatic rings. The van der Waals surface area contributed by atoms with Crippen molar-refractivity contribution in [1.29, 1.82) is 0 Å². The summed E-state index contributed by atoms with van der Waals surface area (Å²) < 4.78 is 1.74. The lowest BCUT2D eigenvalue weighted by atomic mass is 10.2. The maximum Gasteiger partial charge on any atom is 0.261 e. The number of amides is 1. The Morgan fingerprint density at radius 2 is 1.76 bits per heavy atom. The van der Waals surface area contributed by atoms with Crippen LogP contribution in [0, 0.1) is 0 Å². The van der Waals surface area contributed by atoms with Gasteiger partial charge in [0.2, 0.25) is 17.8 Å². The number of carbonyl (C=O) groups is 1. The number of para-hydroxylation sites is 2. The van der Waals surface area contributed by atoms with E-state index in [0.717, 1.165) is 44.1 Å². The van der Waals surface area contributed by atoms with Gasteiger partial charge >= 0.3 is 0 Å². The van der Waals surface area contributed by atoms with Crippen molar-refractivity contribution in [2.24, 2.45) is 0 Å². The molecule has 0 spiro atoms. The monoisotopic (exact) mass is 484 g/mol. The first-order valence-corrected chi connectivity index (χ1v) is 12.7. The highest BCUT2D eigenvalue weighted by molar-refractivity contribution is 7.99. The topological polar surface area (TPSA) is 116 Å². The molecule has 1 amide bonds. The summed E-state index contributed by atoms with van der Waals surface area (Å²) in [6, 6.07) is 7.98. The molecule has 1 aromatic carbocycles. The molecule has 4 rings (SSSR count). The van der Waals surface area contributed by atoms with E-state index in [-0.39, 0.29) is 11.7 Å². The lowest BCUT2D eigenvalue weighted by Crippen LogP contribution is -2.46. The number of anilines is 4. The van der Waals surface area contributed by atoms with Gasteiger partial charge in [0.05, 0.1) is 17.1 Å². The number of hydrogen-bond acceptors (Lipinski definition) is 10. The summed E-state index contributed by atoms with van der Waals surface area (Å²) >= 11 is 1.30. The number of fused-ring (bicyclic) bond motifs is 1. The maximum absolute atomic E-state index is 12.9. The molecule has 11 nitrogen and oxygen atoms in total. The number of carbonyl (C=O) groups excluding carboxylic acids is 1. The summed E-state index contributed by atoms with van der Waals surface area (Å²) in [6.45, 7) is 12.6. The minimum absolute atomic E-state index is 0.100. The zero-order chi connectivity index (χ0) is 23.9. The first-order valence-electron chi connectivity index (χ1n) is 11.7. The fraction of sp³-hybridized carbons (Fsp3) is 0.500. The lowest BCUT2D eigenvalue weighted by Gasteiger charge is -2.36. The van der Waals surface area contributed by atoms with Gasteiger partial charge in [0, 0.05) is 39.3 Å². The van der Waals surface area contributed by atoms with Gasteiger partial charge in [-0.15, -0.1) is 10.2 Å². The second-order valence-electron chi connectivity index (χ2n) is 7.82. The molecule has 3 N–H and O–H groups in total. The predicted molar refractivity (Wildman–Crippen MR) is 137 cm³/mol. The van der Waals surface area contributed by atoms with Crippen LogP contribution in [-0.2, 0) is 4.79 Å². The molecule has 2 aromatic heterocycles. The summed E-state index contributed by atoms with van der Waals surface area (Å²) in [7, 11) is 0. The average molecular weight is 485 g/mol. The van der Waals surface area contributed by atoms with Gasteiger partial charge in [-0.3, -0.25) is 4.79 Å². The highest BCUT2D eigenvalue weighted by atomic mass is 32.2. The SMILES string of the molecule is CCNc1nc(NCC)n2c(SCC(=O)Nc3ccccc3N3CCN(CC)CC3)nnc2n1. The Labute approximate surface area is 203 Å². The van der Waals surface area contributed by atoms with Crippen LogP contribution in [0.15, 0.2) is 29.4 Å². The summed E-state index contributed by atoms with van der Waals surface area (Å²) in [5.74, 6) is 1.61. The van der Waals surface area contributed by atoms with E-state index in [1.807, 2.05) is 32.0 Å². The smallest absolute Gasteiger partial charge is 0.261 e. The minimum atomic E-state index is -0.100. The Morgan fingerprint density at radius 3 is 2.50 bits per heavy atom. The molecular formula is C22H32N10OS. The first-order chi connectivity index (χ1) is 16.6. The lowest BCUT2D eigenvalue weighted by molar-refractivity contribution is -0.113. The van der Waals surface area contributed by atoms with Crippen LogP contribution in [0.1, 0.15) is 20.8 Å². The third-order valence-corrected chi connectivity index (χ3v) is 6.52. The number of thioether (sulfide) groups is 1. The zero-order valence-corrected chi connectivity index (χ0v) is 20.7. The number of rotatable bonds is 10. The second kappa shape index (κ2) is 11.3. The van der Waals surface area contributed by atoms with Gasteiger partial charge in [0.1, 0.15) is 0 Å². The van der Waals surface area contributed by atoms with E-state index in [4.69, 9.17) is 0 Å². The zero-order valence-electron chi connectivity index (χ0n) is 19.9. The fourth-order valence-corrected chi connectivity index (χ4v) is 4.60. The number of piperazine rings is 1. The molecule has 1 fully saturated rings. The molecule has 12 heteroatoms. The van der Waals surface area contributed by atoms with Crippen LogP contribution >= 0.6 is 11.8 Å². The minimum Gasteiger partial charge on any atom is -0.367 e. The van der Waals surface area contributed by atoms with Gasteiger partial charge in [0.25, 0.3) is 5.78 Å². The quantitative estimate of drug-likeness (QED) is 0.370. The van der Waals surface area contributed by atoms with Crippen LogP contribution in [0.2, 0.25) is 0 Å². The molecular weight excluding hydrogens is 452 g/mol. The third-order valence-electron chi connectivity index (χ3n) is 5.59. The van der Waals surface area contributed by atoms with Crippen molar-refractivity contribution in [3.05, 3.63) is 24.3 Å². The molecule has 1 aliphatic heterocycles. The van der Waals surface area contributed by atoms with Crippen LogP contribution in [0.3, 0.4) is 0 Å². The Bertz CT molecular complexity index is 1110. The predicted octanol–water partition coefficient (Wildman–Crippen LogP) is 2.26. The average Bonchev–Trinajstić information content (AvgIpc) is 3.27. The number of nitrogens with one attached hydrogen (secondary N) is 3. The molecule has 3 heterocycles. The Balaban J connectivity index is 1.44. The van der Waals surface area contributed by atoms with Gasteiger partial charge in [-0.05, 0) is 32.5 Å². The van der Waals surface area contributed by atoms with Crippen LogP contribution in [0.4, 0.5) is 23.3 Å². The van der Waals surface area contributed by atoms with Crippen molar-refractivity contribution in [2.45, 2.75) is 25.9 Å². The molecule has 0 unspecified atom stereocenters. The molecule has 182 valence electrons. The molecule has 1 saturated heterocycles. The van der Waals surface area contributed by atoms with Crippen molar-refractivity contribution in [2.75, 3.05) is 72.4 Å². The summed E-state index contributed by atoms with van der Waals surface area (Å²) in [6.07, 6.45) is 0. The van der Waals surface area contributed by atoms with E-state index in [1.54, 1.807) is 4.40 Å². The van der Waals surface area contributed by atoms with E-state index in [2.05, 4.69) is 58.9 Å². The van der Waals surface area contributed by atoms with Crippen LogP contribution in [-0.4, -0.2) is 86.9 Å². The molecule has 0 radical (unpaired) electrons. The number of nitrogens with zero attached hydrogens (tertiary/aromatic N) is 7. The van der Waals surface area contributed by atoms with Gasteiger partial charge in [-0.1, -0.05) is 30.8 Å². The number of aromatic nitrogens is 5. The number of likely N-dealkylation sites (N-methyl/N-ethyl adjacent to an activating group) is 1. The number of benzene rings is 1. The van der Waals surface area contributed by atoms with Crippen LogP contribution < -0.4 is 20.9 Å². The van der Waals surface area contributed by atoms with Crippen molar-refractivity contribution >= 4 is 46.7 Å². The molecule has 3 aromatic rings. The first kappa shape index (κ1) is 24.0. The molecule has 0 saturated carbocycles. The van der Waals surface area contributed by atoms with Gasteiger partial charge < -0.3 is 25.8 Å². The largest absolute Gasteiger partial charge is 0.367 e. The molecule has 0 aliphatic carbocycles. The van der Waals surface area contributed by atoms with E-state index in [9.17, 15) is 4.79 Å². The molecule has 0 bridgehead atoms. The van der Waals surface area contributed by atoms with Gasteiger partial charge in [0.15, 0.2) is 5.16 Å². The van der Waals surface area contributed by atoms with Crippen LogP contribution in [0.5, 0.6) is 0 Å². The highest BCUT2D eigenvalue weighted by Crippen LogP contribution is 2.27. The standard InChI is InChI=1S/C22H32N10OS/c1-4-23-19-26-20(24-5-2)32-21(27-19)28-29-22(32)34-15-18(33)25-16-9-7-8-10-17(16)31-13-11-30(6-3)12-14-31/h7-10H,4-6,11-15H2,1-3H3,(H,25,33)(H2,23,24,26,27,28). The van der Waals surface area contributed by atoms with E-state index < -0.39 is 0 Å². The maximum atomic E-state index is 12.9. The van der Waals surface area contributed by atoms with Gasteiger partial charge in [-0.2, -0.15) is 9.97 Å². The summed E-state index contributed by atoms with van der Waals surface area (Å²) in [5, 5.41) is 18.4.